The predicted molar refractivity (Wildman–Crippen MR) is 73.6 cm³/mol. The molecule has 1 amide bonds. The fraction of sp³-hybridized carbons (Fsp3) is 0.167. The van der Waals surface area contributed by atoms with Crippen molar-refractivity contribution in [1.82, 2.24) is 4.98 Å². The van der Waals surface area contributed by atoms with E-state index in [9.17, 15) is 4.79 Å². The van der Waals surface area contributed by atoms with E-state index in [0.717, 1.165) is 5.56 Å². The van der Waals surface area contributed by atoms with Crippen LogP contribution in [0.4, 0.5) is 11.5 Å². The Labute approximate surface area is 109 Å². The Morgan fingerprint density at radius 3 is 2.94 bits per heavy atom. The van der Waals surface area contributed by atoms with E-state index in [4.69, 9.17) is 11.5 Å². The maximum Gasteiger partial charge on any atom is 0.252 e. The van der Waals surface area contributed by atoms with Gasteiger partial charge >= 0.3 is 0 Å². The lowest BCUT2D eigenvalue weighted by Crippen LogP contribution is -2.23. The Hall–Kier alpha value is -2.08. The molecule has 18 heavy (non-hydrogen) atoms. The second kappa shape index (κ2) is 5.05. The molecule has 0 aliphatic rings. The van der Waals surface area contributed by atoms with Crippen molar-refractivity contribution in [2.45, 2.75) is 6.54 Å². The number of amides is 1. The Bertz CT molecular complexity index is 553. The van der Waals surface area contributed by atoms with E-state index in [1.807, 2.05) is 23.4 Å². The van der Waals surface area contributed by atoms with Crippen LogP contribution in [0.1, 0.15) is 15.9 Å². The van der Waals surface area contributed by atoms with Gasteiger partial charge in [0.05, 0.1) is 17.4 Å². The van der Waals surface area contributed by atoms with Crippen molar-refractivity contribution in [3.05, 3.63) is 40.2 Å². The first-order chi connectivity index (χ1) is 8.58. The van der Waals surface area contributed by atoms with Crippen molar-refractivity contribution in [1.29, 1.82) is 0 Å². The summed E-state index contributed by atoms with van der Waals surface area (Å²) in [6.45, 7) is 0.667. The van der Waals surface area contributed by atoms with Crippen LogP contribution in [0.3, 0.4) is 0 Å². The van der Waals surface area contributed by atoms with Gasteiger partial charge in [0.25, 0.3) is 5.91 Å². The summed E-state index contributed by atoms with van der Waals surface area (Å²) in [7, 11) is 1.86. The van der Waals surface area contributed by atoms with Crippen LogP contribution in [0.2, 0.25) is 0 Å². The lowest BCUT2D eigenvalue weighted by molar-refractivity contribution is 0.100. The van der Waals surface area contributed by atoms with Crippen molar-refractivity contribution in [3.63, 3.8) is 0 Å². The zero-order valence-electron chi connectivity index (χ0n) is 9.96. The van der Waals surface area contributed by atoms with Crippen LogP contribution in [-0.2, 0) is 6.54 Å². The summed E-state index contributed by atoms with van der Waals surface area (Å²) in [6, 6.07) is 3.58. The topological polar surface area (TPSA) is 85.2 Å². The molecule has 0 saturated carbocycles. The summed E-state index contributed by atoms with van der Waals surface area (Å²) < 4.78 is 0. The quantitative estimate of drug-likeness (QED) is 0.873. The summed E-state index contributed by atoms with van der Waals surface area (Å²) in [5.74, 6) is 0.0184. The maximum absolute atomic E-state index is 11.4. The number of pyridine rings is 1. The number of primary amides is 1. The number of carbonyl (C=O) groups excluding carboxylic acids is 1. The van der Waals surface area contributed by atoms with Crippen molar-refractivity contribution in [3.8, 4) is 0 Å². The number of thiophene rings is 1. The van der Waals surface area contributed by atoms with Crippen LogP contribution >= 0.6 is 11.3 Å². The number of rotatable bonds is 4. The number of anilines is 2. The molecule has 2 heterocycles. The van der Waals surface area contributed by atoms with Gasteiger partial charge in [-0.25, -0.2) is 4.98 Å². The number of aromatic nitrogens is 1. The molecule has 0 saturated heterocycles. The molecule has 0 aliphatic heterocycles. The zero-order valence-corrected chi connectivity index (χ0v) is 10.8. The highest BCUT2D eigenvalue weighted by atomic mass is 32.1. The first-order valence-corrected chi connectivity index (χ1v) is 6.29. The van der Waals surface area contributed by atoms with E-state index in [0.29, 0.717) is 23.6 Å². The number of nitrogens with zero attached hydrogens (tertiary/aromatic N) is 2. The summed E-state index contributed by atoms with van der Waals surface area (Å²) in [4.78, 5) is 17.4. The molecular weight excluding hydrogens is 248 g/mol. The second-order valence-electron chi connectivity index (χ2n) is 3.99. The van der Waals surface area contributed by atoms with Gasteiger partial charge in [-0.2, -0.15) is 11.3 Å². The van der Waals surface area contributed by atoms with E-state index in [2.05, 4.69) is 10.4 Å². The minimum absolute atomic E-state index is 0.340. The average molecular weight is 262 g/mol. The van der Waals surface area contributed by atoms with E-state index in [1.54, 1.807) is 17.4 Å². The van der Waals surface area contributed by atoms with Crippen LogP contribution in [0, 0.1) is 0 Å². The highest BCUT2D eigenvalue weighted by molar-refractivity contribution is 7.07. The fourth-order valence-corrected chi connectivity index (χ4v) is 2.35. The van der Waals surface area contributed by atoms with E-state index in [-0.39, 0.29) is 0 Å². The molecule has 0 radical (unpaired) electrons. The molecule has 0 aromatic carbocycles. The third-order valence-corrected chi connectivity index (χ3v) is 3.25. The highest BCUT2D eigenvalue weighted by Gasteiger charge is 2.14. The molecule has 0 bridgehead atoms. The van der Waals surface area contributed by atoms with Gasteiger partial charge in [-0.05, 0) is 28.5 Å². The Balaban J connectivity index is 2.29. The normalized spacial score (nSPS) is 10.3. The number of carbonyl (C=O) groups is 1. The largest absolute Gasteiger partial charge is 0.397 e. The van der Waals surface area contributed by atoms with Crippen LogP contribution < -0.4 is 16.4 Å². The molecular formula is C12H14N4OS. The summed E-state index contributed by atoms with van der Waals surface area (Å²) >= 11 is 1.63. The number of nitrogen functional groups attached to an aromatic ring is 1. The number of hydrogen-bond acceptors (Lipinski definition) is 5. The smallest absolute Gasteiger partial charge is 0.252 e. The van der Waals surface area contributed by atoms with E-state index >= 15 is 0 Å². The molecule has 0 fully saturated rings. The lowest BCUT2D eigenvalue weighted by atomic mass is 10.2. The molecule has 0 spiro atoms. The molecule has 0 aliphatic carbocycles. The van der Waals surface area contributed by atoms with Gasteiger partial charge in [0.15, 0.2) is 0 Å². The monoisotopic (exact) mass is 262 g/mol. The van der Waals surface area contributed by atoms with Gasteiger partial charge in [0, 0.05) is 13.6 Å². The molecule has 5 nitrogen and oxygen atoms in total. The molecule has 0 unspecified atom stereocenters. The Morgan fingerprint density at radius 2 is 2.33 bits per heavy atom. The maximum atomic E-state index is 11.4. The molecule has 94 valence electrons. The Morgan fingerprint density at radius 1 is 1.56 bits per heavy atom. The van der Waals surface area contributed by atoms with Gasteiger partial charge in [-0.1, -0.05) is 0 Å². The van der Waals surface area contributed by atoms with Gasteiger partial charge < -0.3 is 16.4 Å². The summed E-state index contributed by atoms with van der Waals surface area (Å²) in [6.07, 6.45) is 1.52. The fourth-order valence-electron chi connectivity index (χ4n) is 1.69. The second-order valence-corrected chi connectivity index (χ2v) is 4.77. The lowest BCUT2D eigenvalue weighted by Gasteiger charge is -2.19. The molecule has 4 N–H and O–H groups in total. The molecule has 2 rings (SSSR count). The minimum Gasteiger partial charge on any atom is -0.397 e. The Kier molecular flexibility index (Phi) is 3.47. The standard InChI is InChI=1S/C12H14N4OS/c1-16(6-8-2-3-18-7-8)12-10(11(14)17)4-9(13)5-15-12/h2-5,7H,6,13H2,1H3,(H2,14,17). The van der Waals surface area contributed by atoms with E-state index < -0.39 is 5.91 Å². The average Bonchev–Trinajstić information content (AvgIpc) is 2.81. The van der Waals surface area contributed by atoms with Crippen LogP contribution in [0.5, 0.6) is 0 Å². The van der Waals surface area contributed by atoms with Crippen molar-refractivity contribution >= 4 is 28.7 Å². The minimum atomic E-state index is -0.526. The molecule has 0 atom stereocenters. The number of hydrogen-bond donors (Lipinski definition) is 2. The predicted octanol–water partition coefficient (Wildman–Crippen LogP) is 1.46. The van der Waals surface area contributed by atoms with Crippen LogP contribution in [0.15, 0.2) is 29.1 Å². The SMILES string of the molecule is CN(Cc1ccsc1)c1ncc(N)cc1C(N)=O. The number of nitrogens with two attached hydrogens (primary N) is 2. The van der Waals surface area contributed by atoms with Gasteiger partial charge in [-0.3, -0.25) is 4.79 Å². The first-order valence-electron chi connectivity index (χ1n) is 5.35. The zero-order chi connectivity index (χ0) is 13.1. The van der Waals surface area contributed by atoms with Gasteiger partial charge in [0.1, 0.15) is 5.82 Å². The molecule has 6 heteroatoms. The summed E-state index contributed by atoms with van der Waals surface area (Å²) in [5.41, 5.74) is 12.9. The van der Waals surface area contributed by atoms with Crippen molar-refractivity contribution in [2.75, 3.05) is 17.7 Å². The van der Waals surface area contributed by atoms with Gasteiger partial charge in [-0.15, -0.1) is 0 Å². The molecule has 2 aromatic rings. The first kappa shape index (κ1) is 12.4. The highest BCUT2D eigenvalue weighted by Crippen LogP contribution is 2.20. The van der Waals surface area contributed by atoms with Crippen LogP contribution in [0.25, 0.3) is 0 Å². The van der Waals surface area contributed by atoms with Crippen LogP contribution in [-0.4, -0.2) is 17.9 Å². The van der Waals surface area contributed by atoms with Crippen molar-refractivity contribution in [2.24, 2.45) is 5.73 Å². The summed E-state index contributed by atoms with van der Waals surface area (Å²) in [5, 5.41) is 4.06. The molecule has 2 aromatic heterocycles. The van der Waals surface area contributed by atoms with Crippen molar-refractivity contribution < 1.29 is 4.79 Å². The third kappa shape index (κ3) is 2.60. The third-order valence-electron chi connectivity index (χ3n) is 2.51. The van der Waals surface area contributed by atoms with Gasteiger partial charge in [0.2, 0.25) is 0 Å². The van der Waals surface area contributed by atoms with E-state index in [1.165, 1.54) is 6.20 Å².